The van der Waals surface area contributed by atoms with E-state index in [1.165, 1.54) is 0 Å². The van der Waals surface area contributed by atoms with Crippen molar-refractivity contribution in [1.82, 2.24) is 14.5 Å². The van der Waals surface area contributed by atoms with E-state index >= 15 is 0 Å². The molecule has 1 aliphatic rings. The van der Waals surface area contributed by atoms with E-state index in [9.17, 15) is 9.59 Å². The Morgan fingerprint density at radius 1 is 1.21 bits per heavy atom. The van der Waals surface area contributed by atoms with Crippen LogP contribution in [0.3, 0.4) is 0 Å². The molecule has 3 heterocycles. The first-order valence-electron chi connectivity index (χ1n) is 11.4. The lowest BCUT2D eigenvalue weighted by atomic mass is 9.89. The zero-order valence-corrected chi connectivity index (χ0v) is 20.0. The van der Waals surface area contributed by atoms with Crippen molar-refractivity contribution < 1.29 is 14.3 Å². The number of pyridine rings is 1. The minimum atomic E-state index is -0.508. The van der Waals surface area contributed by atoms with Crippen molar-refractivity contribution >= 4 is 28.7 Å². The molecule has 34 heavy (non-hydrogen) atoms. The number of likely N-dealkylation sites (tertiary alicyclic amines) is 1. The van der Waals surface area contributed by atoms with Crippen LogP contribution in [0.5, 0.6) is 0 Å². The van der Waals surface area contributed by atoms with Crippen molar-refractivity contribution in [2.45, 2.75) is 45.1 Å². The van der Waals surface area contributed by atoms with Gasteiger partial charge in [0.1, 0.15) is 11.2 Å². The number of nitrogens with one attached hydrogen (secondary N) is 1. The monoisotopic (exact) mass is 459 g/mol. The summed E-state index contributed by atoms with van der Waals surface area (Å²) in [6.45, 7) is 6.89. The van der Waals surface area contributed by atoms with Gasteiger partial charge in [-0.3, -0.25) is 4.79 Å². The topological polar surface area (TPSA) is 100 Å². The summed E-state index contributed by atoms with van der Waals surface area (Å²) in [5, 5.41) is 13.0. The molecule has 176 valence electrons. The first kappa shape index (κ1) is 23.3. The molecule has 1 aliphatic heterocycles. The van der Waals surface area contributed by atoms with Crippen molar-refractivity contribution in [3.8, 4) is 6.07 Å². The van der Waals surface area contributed by atoms with E-state index in [1.54, 1.807) is 35.4 Å². The average Bonchev–Trinajstić information content (AvgIpc) is 3.14. The van der Waals surface area contributed by atoms with E-state index in [1.807, 2.05) is 38.5 Å². The highest BCUT2D eigenvalue weighted by molar-refractivity contribution is 6.05. The number of aryl methyl sites for hydroxylation is 1. The van der Waals surface area contributed by atoms with E-state index in [0.717, 1.165) is 29.4 Å². The molecule has 0 saturated carbocycles. The van der Waals surface area contributed by atoms with Crippen LogP contribution in [0.4, 0.5) is 10.5 Å². The number of carbonyl (C=O) groups excluding carboxylic acids is 2. The molecule has 3 aromatic rings. The van der Waals surface area contributed by atoms with E-state index in [2.05, 4.69) is 22.6 Å². The highest BCUT2D eigenvalue weighted by Gasteiger charge is 2.29. The second kappa shape index (κ2) is 9.18. The Morgan fingerprint density at radius 3 is 2.62 bits per heavy atom. The molecule has 0 atom stereocenters. The van der Waals surface area contributed by atoms with Gasteiger partial charge in [0.2, 0.25) is 0 Å². The summed E-state index contributed by atoms with van der Waals surface area (Å²) in [6, 6.07) is 10.6. The standard InChI is InChI=1S/C26H29N5O3/c1-26(2,3)34-25(33)31-10-8-18(9-11-31)22-16-30(4)23-21(22)13-20(15-28-23)29-24(32)19-7-5-6-17(12-19)14-27/h5-7,12-13,15-16,18H,8-11H2,1-4H3,(H,29,32). The van der Waals surface area contributed by atoms with Crippen LogP contribution in [0.15, 0.2) is 42.7 Å². The predicted octanol–water partition coefficient (Wildman–Crippen LogP) is 4.81. The molecule has 0 spiro atoms. The normalized spacial score (nSPS) is 14.6. The number of nitrogens with zero attached hydrogens (tertiary/aromatic N) is 4. The molecule has 1 saturated heterocycles. The van der Waals surface area contributed by atoms with Gasteiger partial charge in [0.25, 0.3) is 5.91 Å². The Labute approximate surface area is 199 Å². The fourth-order valence-corrected chi connectivity index (χ4v) is 4.32. The fraction of sp³-hybridized carbons (Fsp3) is 0.385. The summed E-state index contributed by atoms with van der Waals surface area (Å²) in [4.78, 5) is 31.5. The van der Waals surface area contributed by atoms with Crippen LogP contribution >= 0.6 is 0 Å². The number of aromatic nitrogens is 2. The summed E-state index contributed by atoms with van der Waals surface area (Å²) in [5.41, 5.74) is 2.95. The Bertz CT molecular complexity index is 1270. The first-order chi connectivity index (χ1) is 16.1. The number of carbonyl (C=O) groups is 2. The molecule has 0 radical (unpaired) electrons. The van der Waals surface area contributed by atoms with Gasteiger partial charge in [-0.25, -0.2) is 9.78 Å². The molecule has 0 bridgehead atoms. The van der Waals surface area contributed by atoms with Crippen molar-refractivity contribution in [1.29, 1.82) is 5.26 Å². The van der Waals surface area contributed by atoms with Gasteiger partial charge in [-0.2, -0.15) is 5.26 Å². The Hall–Kier alpha value is -3.86. The van der Waals surface area contributed by atoms with E-state index in [0.29, 0.717) is 29.9 Å². The number of benzene rings is 1. The largest absolute Gasteiger partial charge is 0.444 e. The lowest BCUT2D eigenvalue weighted by Gasteiger charge is -2.33. The molecule has 1 N–H and O–H groups in total. The number of ether oxygens (including phenoxy) is 1. The van der Waals surface area contributed by atoms with Crippen LogP contribution in [0.2, 0.25) is 0 Å². The van der Waals surface area contributed by atoms with Crippen molar-refractivity contribution in [3.63, 3.8) is 0 Å². The maximum Gasteiger partial charge on any atom is 0.410 e. The van der Waals surface area contributed by atoms with E-state index in [4.69, 9.17) is 10.00 Å². The molecule has 8 heteroatoms. The van der Waals surface area contributed by atoms with Crippen LogP contribution in [-0.2, 0) is 11.8 Å². The number of nitriles is 1. The minimum absolute atomic E-state index is 0.268. The second-order valence-corrected chi connectivity index (χ2v) is 9.68. The predicted molar refractivity (Wildman–Crippen MR) is 130 cm³/mol. The van der Waals surface area contributed by atoms with Crippen molar-refractivity contribution in [3.05, 3.63) is 59.4 Å². The Morgan fingerprint density at radius 2 is 1.94 bits per heavy atom. The van der Waals surface area contributed by atoms with Gasteiger partial charge in [0, 0.05) is 37.3 Å². The lowest BCUT2D eigenvalue weighted by molar-refractivity contribution is 0.0205. The molecule has 0 unspecified atom stereocenters. The highest BCUT2D eigenvalue weighted by atomic mass is 16.6. The van der Waals surface area contributed by atoms with Crippen LogP contribution in [-0.4, -0.2) is 45.1 Å². The van der Waals surface area contributed by atoms with E-state index in [-0.39, 0.29) is 17.9 Å². The fourth-order valence-electron chi connectivity index (χ4n) is 4.32. The third-order valence-corrected chi connectivity index (χ3v) is 5.94. The molecule has 8 nitrogen and oxygen atoms in total. The van der Waals surface area contributed by atoms with Gasteiger partial charge >= 0.3 is 6.09 Å². The first-order valence-corrected chi connectivity index (χ1v) is 11.4. The quantitative estimate of drug-likeness (QED) is 0.606. The lowest BCUT2D eigenvalue weighted by Crippen LogP contribution is -2.41. The second-order valence-electron chi connectivity index (χ2n) is 9.68. The third-order valence-electron chi connectivity index (χ3n) is 5.94. The van der Waals surface area contributed by atoms with Gasteiger partial charge in [0.05, 0.1) is 23.5 Å². The number of anilines is 1. The van der Waals surface area contributed by atoms with Crippen LogP contribution in [0.25, 0.3) is 11.0 Å². The summed E-state index contributed by atoms with van der Waals surface area (Å²) in [6.07, 6.45) is 5.12. The molecular weight excluding hydrogens is 430 g/mol. The summed E-state index contributed by atoms with van der Waals surface area (Å²) < 4.78 is 7.50. The summed E-state index contributed by atoms with van der Waals surface area (Å²) in [5.74, 6) is -0.0103. The molecular formula is C26H29N5O3. The SMILES string of the molecule is Cn1cc(C2CCN(C(=O)OC(C)(C)C)CC2)c2cc(NC(=O)c3cccc(C#N)c3)cnc21. The summed E-state index contributed by atoms with van der Waals surface area (Å²) >= 11 is 0. The third kappa shape index (κ3) is 5.04. The highest BCUT2D eigenvalue weighted by Crippen LogP contribution is 2.35. The number of rotatable bonds is 3. The average molecular weight is 460 g/mol. The zero-order valence-electron chi connectivity index (χ0n) is 20.0. The number of hydrogen-bond donors (Lipinski definition) is 1. The van der Waals surface area contributed by atoms with Crippen molar-refractivity contribution in [2.24, 2.45) is 7.05 Å². The zero-order chi connectivity index (χ0) is 24.5. The van der Waals surface area contributed by atoms with Crippen molar-refractivity contribution in [2.75, 3.05) is 18.4 Å². The van der Waals surface area contributed by atoms with Crippen LogP contribution < -0.4 is 5.32 Å². The molecule has 0 aliphatic carbocycles. The van der Waals surface area contributed by atoms with Gasteiger partial charge in [-0.05, 0) is 69.4 Å². The maximum absolute atomic E-state index is 12.7. The van der Waals surface area contributed by atoms with Gasteiger partial charge in [-0.1, -0.05) is 6.07 Å². The maximum atomic E-state index is 12.7. The van der Waals surface area contributed by atoms with Crippen LogP contribution in [0, 0.1) is 11.3 Å². The van der Waals surface area contributed by atoms with E-state index < -0.39 is 5.60 Å². The molecule has 4 rings (SSSR count). The Balaban J connectivity index is 1.51. The number of amides is 2. The van der Waals surface area contributed by atoms with Gasteiger partial charge in [0.15, 0.2) is 0 Å². The Kier molecular flexibility index (Phi) is 6.29. The molecule has 1 aromatic carbocycles. The summed E-state index contributed by atoms with van der Waals surface area (Å²) in [7, 11) is 1.96. The molecule has 2 amide bonds. The number of piperidine rings is 1. The minimum Gasteiger partial charge on any atom is -0.444 e. The number of hydrogen-bond acceptors (Lipinski definition) is 5. The van der Waals surface area contributed by atoms with Gasteiger partial charge in [-0.15, -0.1) is 0 Å². The van der Waals surface area contributed by atoms with Gasteiger partial charge < -0.3 is 19.5 Å². The number of fused-ring (bicyclic) bond motifs is 1. The molecule has 2 aromatic heterocycles. The molecule has 1 fully saturated rings. The van der Waals surface area contributed by atoms with Crippen LogP contribution in [0.1, 0.15) is 61.0 Å². The smallest absolute Gasteiger partial charge is 0.410 e.